The number of amides is 2. The van der Waals surface area contributed by atoms with E-state index in [9.17, 15) is 22.8 Å². The lowest BCUT2D eigenvalue weighted by Gasteiger charge is -2.36. The maximum atomic E-state index is 13.7. The van der Waals surface area contributed by atoms with Gasteiger partial charge in [-0.25, -0.2) is 18.1 Å². The number of hydrogen-bond donors (Lipinski definition) is 0. The number of nitrogens with zero attached hydrogens (tertiary/aromatic N) is 2. The molecule has 1 saturated carbocycles. The summed E-state index contributed by atoms with van der Waals surface area (Å²) in [5.41, 5.74) is 0.577. The molecule has 1 aliphatic heterocycles. The highest BCUT2D eigenvalue weighted by Crippen LogP contribution is 2.35. The van der Waals surface area contributed by atoms with Gasteiger partial charge < -0.3 is 4.74 Å². The number of anilines is 1. The molecule has 2 fully saturated rings. The fourth-order valence-electron chi connectivity index (χ4n) is 4.62. The fraction of sp³-hybridized carbons (Fsp3) is 0.375. The van der Waals surface area contributed by atoms with Crippen molar-refractivity contribution in [2.75, 3.05) is 12.0 Å². The molecule has 0 N–H and O–H groups in total. The first-order chi connectivity index (χ1) is 15.8. The SMILES string of the molecule is COC(=O)c1ccc(N2C(=O)CC(N(C3CCCCC3)S(=O)(=O)c3ccccc3)C2=O)cc1. The number of carbonyl (C=O) groups is 3. The van der Waals surface area contributed by atoms with Gasteiger partial charge in [0, 0.05) is 6.04 Å². The Bertz CT molecular complexity index is 1140. The first-order valence-corrected chi connectivity index (χ1v) is 12.4. The van der Waals surface area contributed by atoms with E-state index >= 15 is 0 Å². The Morgan fingerprint density at radius 3 is 2.21 bits per heavy atom. The molecule has 0 spiro atoms. The molecule has 1 atom stereocenters. The zero-order valence-electron chi connectivity index (χ0n) is 18.3. The predicted octanol–water partition coefficient (Wildman–Crippen LogP) is 3.13. The van der Waals surface area contributed by atoms with Crippen molar-refractivity contribution in [2.45, 2.75) is 55.5 Å². The maximum absolute atomic E-state index is 13.7. The van der Waals surface area contributed by atoms with Crippen LogP contribution >= 0.6 is 0 Å². The smallest absolute Gasteiger partial charge is 0.337 e. The number of esters is 1. The summed E-state index contributed by atoms with van der Waals surface area (Å²) in [4.78, 5) is 39.2. The van der Waals surface area contributed by atoms with Gasteiger partial charge in [-0.15, -0.1) is 0 Å². The zero-order chi connectivity index (χ0) is 23.6. The largest absolute Gasteiger partial charge is 0.465 e. The van der Waals surface area contributed by atoms with Crippen LogP contribution in [0.25, 0.3) is 0 Å². The fourth-order valence-corrected chi connectivity index (χ4v) is 6.47. The van der Waals surface area contributed by atoms with Gasteiger partial charge in [-0.1, -0.05) is 37.5 Å². The Kier molecular flexibility index (Phi) is 6.62. The summed E-state index contributed by atoms with van der Waals surface area (Å²) in [6, 6.07) is 12.5. The lowest BCUT2D eigenvalue weighted by atomic mass is 9.94. The average Bonchev–Trinajstić information content (AvgIpc) is 3.13. The summed E-state index contributed by atoms with van der Waals surface area (Å²) in [5, 5.41) is 0. The van der Waals surface area contributed by atoms with Crippen LogP contribution in [0.3, 0.4) is 0 Å². The molecule has 2 amide bonds. The number of methoxy groups -OCH3 is 1. The molecule has 1 unspecified atom stereocenters. The number of carbonyl (C=O) groups excluding carboxylic acids is 3. The molecule has 1 aliphatic carbocycles. The Morgan fingerprint density at radius 1 is 0.970 bits per heavy atom. The third-order valence-corrected chi connectivity index (χ3v) is 8.21. The first-order valence-electron chi connectivity index (χ1n) is 11.0. The van der Waals surface area contributed by atoms with Crippen LogP contribution in [0.4, 0.5) is 5.69 Å². The molecule has 2 aliphatic rings. The molecule has 2 aromatic carbocycles. The van der Waals surface area contributed by atoms with Gasteiger partial charge in [0.25, 0.3) is 5.91 Å². The van der Waals surface area contributed by atoms with Crippen LogP contribution in [0.2, 0.25) is 0 Å². The predicted molar refractivity (Wildman–Crippen MR) is 121 cm³/mol. The zero-order valence-corrected chi connectivity index (χ0v) is 19.2. The summed E-state index contributed by atoms with van der Waals surface area (Å²) in [6.45, 7) is 0. The first kappa shape index (κ1) is 23.1. The highest BCUT2D eigenvalue weighted by atomic mass is 32.2. The molecule has 1 saturated heterocycles. The molecule has 174 valence electrons. The molecule has 8 nitrogen and oxygen atoms in total. The lowest BCUT2D eigenvalue weighted by molar-refractivity contribution is -0.122. The van der Waals surface area contributed by atoms with Crippen molar-refractivity contribution < 1.29 is 27.5 Å². The van der Waals surface area contributed by atoms with Crippen LogP contribution in [0, 0.1) is 0 Å². The van der Waals surface area contributed by atoms with E-state index in [1.54, 1.807) is 18.2 Å². The number of imide groups is 1. The molecule has 0 bridgehead atoms. The van der Waals surface area contributed by atoms with Gasteiger partial charge in [-0.2, -0.15) is 4.31 Å². The van der Waals surface area contributed by atoms with Crippen molar-refractivity contribution >= 4 is 33.5 Å². The van der Waals surface area contributed by atoms with Gasteiger partial charge in [0.05, 0.1) is 29.7 Å². The Balaban J connectivity index is 1.69. The van der Waals surface area contributed by atoms with Gasteiger partial charge in [-0.05, 0) is 49.2 Å². The summed E-state index contributed by atoms with van der Waals surface area (Å²) in [6.07, 6.45) is 3.85. The highest BCUT2D eigenvalue weighted by Gasteiger charge is 2.49. The van der Waals surface area contributed by atoms with Crippen molar-refractivity contribution in [1.82, 2.24) is 4.31 Å². The Labute approximate surface area is 193 Å². The minimum atomic E-state index is -3.99. The van der Waals surface area contributed by atoms with E-state index in [1.807, 2.05) is 0 Å². The van der Waals surface area contributed by atoms with Gasteiger partial charge >= 0.3 is 5.97 Å². The van der Waals surface area contributed by atoms with Crippen molar-refractivity contribution in [3.05, 3.63) is 60.2 Å². The standard InChI is InChI=1S/C24H26N2O6S/c1-32-24(29)17-12-14-18(15-13-17)25-22(27)16-21(23(25)28)26(19-8-4-2-5-9-19)33(30,31)20-10-6-3-7-11-20/h3,6-7,10-15,19,21H,2,4-5,8-9,16H2,1H3. The third-order valence-electron chi connectivity index (χ3n) is 6.23. The Morgan fingerprint density at radius 2 is 1.61 bits per heavy atom. The molecule has 33 heavy (non-hydrogen) atoms. The van der Waals surface area contributed by atoms with Crippen LogP contribution in [0.1, 0.15) is 48.9 Å². The van der Waals surface area contributed by atoms with Crippen LogP contribution < -0.4 is 4.90 Å². The summed E-state index contributed by atoms with van der Waals surface area (Å²) >= 11 is 0. The second kappa shape index (κ2) is 9.44. The maximum Gasteiger partial charge on any atom is 0.337 e. The van der Waals surface area contributed by atoms with Crippen molar-refractivity contribution in [1.29, 1.82) is 0 Å². The molecule has 9 heteroatoms. The molecular weight excluding hydrogens is 444 g/mol. The van der Waals surface area contributed by atoms with E-state index in [0.717, 1.165) is 24.2 Å². The second-order valence-corrected chi connectivity index (χ2v) is 10.1. The summed E-state index contributed by atoms with van der Waals surface area (Å²) in [7, 11) is -2.73. The van der Waals surface area contributed by atoms with E-state index in [-0.39, 0.29) is 22.9 Å². The summed E-state index contributed by atoms with van der Waals surface area (Å²) in [5.74, 6) is -1.58. The van der Waals surface area contributed by atoms with Crippen molar-refractivity contribution in [3.63, 3.8) is 0 Å². The van der Waals surface area contributed by atoms with E-state index in [1.165, 1.54) is 47.8 Å². The number of ether oxygens (including phenoxy) is 1. The van der Waals surface area contributed by atoms with Crippen LogP contribution in [-0.2, 0) is 24.3 Å². The average molecular weight is 471 g/mol. The normalized spacial score (nSPS) is 19.8. The van der Waals surface area contributed by atoms with Gasteiger partial charge in [0.1, 0.15) is 6.04 Å². The number of hydrogen-bond acceptors (Lipinski definition) is 6. The van der Waals surface area contributed by atoms with Crippen LogP contribution in [0.15, 0.2) is 59.5 Å². The van der Waals surface area contributed by atoms with E-state index in [4.69, 9.17) is 0 Å². The minimum absolute atomic E-state index is 0.108. The van der Waals surface area contributed by atoms with Gasteiger partial charge in [-0.3, -0.25) is 9.59 Å². The quantitative estimate of drug-likeness (QED) is 0.475. The molecule has 1 heterocycles. The lowest BCUT2D eigenvalue weighted by Crippen LogP contribution is -2.51. The molecule has 0 aromatic heterocycles. The second-order valence-electron chi connectivity index (χ2n) is 8.27. The molecular formula is C24H26N2O6S. The molecule has 2 aromatic rings. The van der Waals surface area contributed by atoms with Crippen molar-refractivity contribution in [3.8, 4) is 0 Å². The van der Waals surface area contributed by atoms with Crippen LogP contribution in [0.5, 0.6) is 0 Å². The van der Waals surface area contributed by atoms with E-state index < -0.39 is 33.8 Å². The molecule has 4 rings (SSSR count). The van der Waals surface area contributed by atoms with Crippen LogP contribution in [-0.4, -0.2) is 49.7 Å². The van der Waals surface area contributed by atoms with E-state index in [0.29, 0.717) is 18.5 Å². The number of benzene rings is 2. The monoisotopic (exact) mass is 470 g/mol. The van der Waals surface area contributed by atoms with Gasteiger partial charge in [0.2, 0.25) is 15.9 Å². The Hall–Kier alpha value is -3.04. The molecule has 0 radical (unpaired) electrons. The van der Waals surface area contributed by atoms with E-state index in [2.05, 4.69) is 4.74 Å². The third kappa shape index (κ3) is 4.43. The minimum Gasteiger partial charge on any atom is -0.465 e. The highest BCUT2D eigenvalue weighted by molar-refractivity contribution is 7.89. The number of sulfonamides is 1. The van der Waals surface area contributed by atoms with Gasteiger partial charge in [0.15, 0.2) is 0 Å². The summed E-state index contributed by atoms with van der Waals surface area (Å²) < 4.78 is 33.3. The topological polar surface area (TPSA) is 101 Å². The van der Waals surface area contributed by atoms with Crippen molar-refractivity contribution in [2.24, 2.45) is 0 Å². The number of rotatable bonds is 6.